The van der Waals surface area contributed by atoms with E-state index in [0.29, 0.717) is 13.0 Å². The van der Waals surface area contributed by atoms with Crippen molar-refractivity contribution < 1.29 is 23.5 Å². The number of carbonyl (C=O) groups excluding carboxylic acids is 3. The summed E-state index contributed by atoms with van der Waals surface area (Å²) in [5.41, 5.74) is 1.89. The van der Waals surface area contributed by atoms with E-state index in [1.165, 1.54) is 12.1 Å². The van der Waals surface area contributed by atoms with Gasteiger partial charge in [0.2, 0.25) is 5.91 Å². The van der Waals surface area contributed by atoms with Gasteiger partial charge < -0.3 is 15.0 Å². The number of nitrogens with one attached hydrogen (secondary N) is 1. The van der Waals surface area contributed by atoms with Crippen molar-refractivity contribution in [2.45, 2.75) is 25.8 Å². The highest BCUT2D eigenvalue weighted by atomic mass is 19.1. The summed E-state index contributed by atoms with van der Waals surface area (Å²) in [7, 11) is 0. The van der Waals surface area contributed by atoms with Crippen molar-refractivity contribution in [1.82, 2.24) is 10.2 Å². The molecule has 1 aliphatic rings. The van der Waals surface area contributed by atoms with Crippen LogP contribution in [0.3, 0.4) is 0 Å². The van der Waals surface area contributed by atoms with Crippen LogP contribution >= 0.6 is 0 Å². The van der Waals surface area contributed by atoms with E-state index in [2.05, 4.69) is 5.32 Å². The van der Waals surface area contributed by atoms with Gasteiger partial charge in [0, 0.05) is 19.5 Å². The molecule has 0 aliphatic carbocycles. The molecule has 2 amide bonds. The van der Waals surface area contributed by atoms with Crippen LogP contribution in [0.15, 0.2) is 54.6 Å². The van der Waals surface area contributed by atoms with Crippen molar-refractivity contribution in [3.05, 3.63) is 71.5 Å². The summed E-state index contributed by atoms with van der Waals surface area (Å²) in [5, 5.41) is 2.66. The van der Waals surface area contributed by atoms with Gasteiger partial charge in [-0.1, -0.05) is 42.5 Å². The molecule has 0 bridgehead atoms. The predicted molar refractivity (Wildman–Crippen MR) is 109 cm³/mol. The molecule has 30 heavy (non-hydrogen) atoms. The number of ether oxygens (including phenoxy) is 1. The van der Waals surface area contributed by atoms with Gasteiger partial charge in [-0.3, -0.25) is 14.4 Å². The van der Waals surface area contributed by atoms with Crippen molar-refractivity contribution in [2.75, 3.05) is 19.7 Å². The van der Waals surface area contributed by atoms with Crippen LogP contribution in [-0.2, 0) is 25.5 Å². The molecule has 0 spiro atoms. The minimum absolute atomic E-state index is 0.0855. The zero-order valence-corrected chi connectivity index (χ0v) is 16.8. The second-order valence-corrected chi connectivity index (χ2v) is 7.37. The molecule has 1 heterocycles. The summed E-state index contributed by atoms with van der Waals surface area (Å²) in [6.45, 7) is 2.17. The van der Waals surface area contributed by atoms with Crippen molar-refractivity contribution in [3.63, 3.8) is 0 Å². The van der Waals surface area contributed by atoms with Crippen LogP contribution in [0.25, 0.3) is 0 Å². The topological polar surface area (TPSA) is 75.7 Å². The number of nitrogens with zero attached hydrogens (tertiary/aromatic N) is 1. The SMILES string of the molecule is C[C@@H](c1ccccc1)N1C[C@@H](C(=O)OCC(=O)NCCc2ccc(F)cc2)CC1=O. The van der Waals surface area contributed by atoms with E-state index in [1.807, 2.05) is 37.3 Å². The number of esters is 1. The minimum Gasteiger partial charge on any atom is -0.455 e. The third-order valence-corrected chi connectivity index (χ3v) is 5.24. The zero-order valence-electron chi connectivity index (χ0n) is 16.8. The van der Waals surface area contributed by atoms with Gasteiger partial charge in [-0.15, -0.1) is 0 Å². The molecule has 0 radical (unpaired) electrons. The van der Waals surface area contributed by atoms with Crippen molar-refractivity contribution in [2.24, 2.45) is 5.92 Å². The van der Waals surface area contributed by atoms with Gasteiger partial charge in [0.25, 0.3) is 5.91 Å². The number of hydrogen-bond acceptors (Lipinski definition) is 4. The van der Waals surface area contributed by atoms with Gasteiger partial charge in [-0.2, -0.15) is 0 Å². The molecule has 3 rings (SSSR count). The zero-order chi connectivity index (χ0) is 21.5. The van der Waals surface area contributed by atoms with E-state index in [4.69, 9.17) is 4.74 Å². The quantitative estimate of drug-likeness (QED) is 0.677. The lowest BCUT2D eigenvalue weighted by atomic mass is 10.1. The lowest BCUT2D eigenvalue weighted by Crippen LogP contribution is -2.32. The first-order chi connectivity index (χ1) is 14.4. The van der Waals surface area contributed by atoms with E-state index >= 15 is 0 Å². The van der Waals surface area contributed by atoms with Crippen LogP contribution in [0.4, 0.5) is 4.39 Å². The van der Waals surface area contributed by atoms with Crippen molar-refractivity contribution in [3.8, 4) is 0 Å². The Balaban J connectivity index is 1.40. The lowest BCUT2D eigenvalue weighted by molar-refractivity contribution is -0.152. The monoisotopic (exact) mass is 412 g/mol. The second kappa shape index (κ2) is 10.0. The van der Waals surface area contributed by atoms with E-state index in [9.17, 15) is 18.8 Å². The molecule has 7 heteroatoms. The summed E-state index contributed by atoms with van der Waals surface area (Å²) in [5.74, 6) is -1.94. The molecule has 158 valence electrons. The summed E-state index contributed by atoms with van der Waals surface area (Å²) in [4.78, 5) is 38.2. The highest BCUT2D eigenvalue weighted by Gasteiger charge is 2.38. The van der Waals surface area contributed by atoms with Crippen LogP contribution in [0.5, 0.6) is 0 Å². The van der Waals surface area contributed by atoms with E-state index in [-0.39, 0.29) is 37.3 Å². The van der Waals surface area contributed by atoms with E-state index in [1.54, 1.807) is 17.0 Å². The molecule has 6 nitrogen and oxygen atoms in total. The maximum atomic E-state index is 12.9. The second-order valence-electron chi connectivity index (χ2n) is 7.37. The largest absolute Gasteiger partial charge is 0.455 e. The molecule has 0 saturated carbocycles. The van der Waals surface area contributed by atoms with Gasteiger partial charge in [-0.25, -0.2) is 4.39 Å². The number of rotatable bonds is 8. The summed E-state index contributed by atoms with van der Waals surface area (Å²) in [6, 6.07) is 15.5. The Morgan fingerprint density at radius 3 is 2.57 bits per heavy atom. The smallest absolute Gasteiger partial charge is 0.311 e. The Bertz CT molecular complexity index is 886. The predicted octanol–water partition coefficient (Wildman–Crippen LogP) is 2.64. The van der Waals surface area contributed by atoms with E-state index < -0.39 is 17.8 Å². The molecular weight excluding hydrogens is 387 g/mol. The molecule has 0 aromatic heterocycles. The molecule has 1 aliphatic heterocycles. The molecule has 2 aromatic carbocycles. The Morgan fingerprint density at radius 2 is 1.87 bits per heavy atom. The first-order valence-electron chi connectivity index (χ1n) is 9.96. The van der Waals surface area contributed by atoms with Crippen LogP contribution in [-0.4, -0.2) is 42.4 Å². The minimum atomic E-state index is -0.573. The first kappa shape index (κ1) is 21.5. The maximum Gasteiger partial charge on any atom is 0.311 e. The van der Waals surface area contributed by atoms with Gasteiger partial charge in [0.05, 0.1) is 12.0 Å². The fourth-order valence-corrected chi connectivity index (χ4v) is 3.48. The average molecular weight is 412 g/mol. The fraction of sp³-hybridized carbons (Fsp3) is 0.348. The molecule has 2 atom stereocenters. The standard InChI is InChI=1S/C23H25FN2O4/c1-16(18-5-3-2-4-6-18)26-14-19(13-22(26)28)23(29)30-15-21(27)25-12-11-17-7-9-20(24)10-8-17/h2-10,16,19H,11-15H2,1H3,(H,25,27)/t16-,19-/m0/s1. The maximum absolute atomic E-state index is 12.9. The number of hydrogen-bond donors (Lipinski definition) is 1. The number of likely N-dealkylation sites (tertiary alicyclic amines) is 1. The molecule has 1 N–H and O–H groups in total. The van der Waals surface area contributed by atoms with Crippen molar-refractivity contribution >= 4 is 17.8 Å². The number of amides is 2. The summed E-state index contributed by atoms with van der Waals surface area (Å²) < 4.78 is 18.0. The molecule has 2 aromatic rings. The van der Waals surface area contributed by atoms with Crippen molar-refractivity contribution in [1.29, 1.82) is 0 Å². The van der Waals surface area contributed by atoms with Crippen LogP contribution in [0, 0.1) is 11.7 Å². The van der Waals surface area contributed by atoms with Gasteiger partial charge in [0.15, 0.2) is 6.61 Å². The number of halogens is 1. The van der Waals surface area contributed by atoms with E-state index in [0.717, 1.165) is 11.1 Å². The third kappa shape index (κ3) is 5.65. The average Bonchev–Trinajstić information content (AvgIpc) is 3.15. The summed E-state index contributed by atoms with van der Waals surface area (Å²) >= 11 is 0. The Morgan fingerprint density at radius 1 is 1.17 bits per heavy atom. The highest BCUT2D eigenvalue weighted by molar-refractivity contribution is 5.88. The Hall–Kier alpha value is -3.22. The Labute approximate surface area is 175 Å². The van der Waals surface area contributed by atoms with Crippen LogP contribution < -0.4 is 5.32 Å². The Kier molecular flexibility index (Phi) is 7.17. The van der Waals surface area contributed by atoms with Gasteiger partial charge in [-0.05, 0) is 36.6 Å². The summed E-state index contributed by atoms with van der Waals surface area (Å²) in [6.07, 6.45) is 0.631. The first-order valence-corrected chi connectivity index (χ1v) is 9.96. The van der Waals surface area contributed by atoms with Crippen LogP contribution in [0.2, 0.25) is 0 Å². The fourth-order valence-electron chi connectivity index (χ4n) is 3.48. The van der Waals surface area contributed by atoms with Gasteiger partial charge >= 0.3 is 5.97 Å². The highest BCUT2D eigenvalue weighted by Crippen LogP contribution is 2.28. The third-order valence-electron chi connectivity index (χ3n) is 5.24. The normalized spacial score (nSPS) is 16.9. The molecule has 0 unspecified atom stereocenters. The number of benzene rings is 2. The number of carbonyl (C=O) groups is 3. The van der Waals surface area contributed by atoms with Crippen LogP contribution in [0.1, 0.15) is 30.5 Å². The molecule has 1 saturated heterocycles. The molecule has 1 fully saturated rings. The van der Waals surface area contributed by atoms with Gasteiger partial charge in [0.1, 0.15) is 5.82 Å². The molecular formula is C23H25FN2O4. The lowest BCUT2D eigenvalue weighted by Gasteiger charge is -2.25.